The van der Waals surface area contributed by atoms with Crippen molar-refractivity contribution >= 4 is 11.9 Å². The van der Waals surface area contributed by atoms with Crippen molar-refractivity contribution in [2.24, 2.45) is 5.92 Å². The van der Waals surface area contributed by atoms with E-state index < -0.39 is 0 Å². The standard InChI is InChI=1S/C8H18.ClHO/c1-4-7-8(5-2)6-3;1-2/h8H,4-7H2,1-3H3;2H. The van der Waals surface area contributed by atoms with Crippen molar-refractivity contribution in [3.63, 3.8) is 0 Å². The molecule has 0 rings (SSSR count). The lowest BCUT2D eigenvalue weighted by molar-refractivity contribution is 0.451. The minimum absolute atomic E-state index is 1.000. The first-order valence-corrected chi connectivity index (χ1v) is 4.35. The van der Waals surface area contributed by atoms with E-state index in [4.69, 9.17) is 4.66 Å². The normalized spacial score (nSPS) is 9.00. The Balaban J connectivity index is 0. The molecular weight excluding hydrogens is 148 g/mol. The van der Waals surface area contributed by atoms with Crippen LogP contribution in [-0.4, -0.2) is 4.66 Å². The fraction of sp³-hybridized carbons (Fsp3) is 1.00. The summed E-state index contributed by atoms with van der Waals surface area (Å²) in [6.45, 7) is 6.83. The molecular formula is C8H19ClO. The largest absolute Gasteiger partial charge is 0.295 e. The molecule has 64 valence electrons. The van der Waals surface area contributed by atoms with Crippen molar-refractivity contribution in [2.75, 3.05) is 0 Å². The zero-order valence-corrected chi connectivity index (χ0v) is 7.99. The van der Waals surface area contributed by atoms with Gasteiger partial charge in [-0.05, 0) is 5.92 Å². The van der Waals surface area contributed by atoms with Crippen LogP contribution in [0.2, 0.25) is 0 Å². The Kier molecular flexibility index (Phi) is 15.4. The summed E-state index contributed by atoms with van der Waals surface area (Å²) in [6.07, 6.45) is 5.51. The highest BCUT2D eigenvalue weighted by Crippen LogP contribution is 2.13. The van der Waals surface area contributed by atoms with E-state index in [1.54, 1.807) is 0 Å². The van der Waals surface area contributed by atoms with Gasteiger partial charge in [-0.2, -0.15) is 0 Å². The molecule has 0 aliphatic carbocycles. The maximum atomic E-state index is 6.47. The molecule has 0 saturated carbocycles. The zero-order chi connectivity index (χ0) is 8.41. The van der Waals surface area contributed by atoms with Gasteiger partial charge in [-0.3, -0.25) is 4.66 Å². The van der Waals surface area contributed by atoms with Crippen LogP contribution in [0.4, 0.5) is 0 Å². The van der Waals surface area contributed by atoms with E-state index in [0.29, 0.717) is 0 Å². The minimum atomic E-state index is 1.000. The molecule has 0 aliphatic heterocycles. The predicted octanol–water partition coefficient (Wildman–Crippen LogP) is 3.36. The van der Waals surface area contributed by atoms with Gasteiger partial charge in [0.15, 0.2) is 0 Å². The van der Waals surface area contributed by atoms with Gasteiger partial charge in [-0.25, -0.2) is 0 Å². The fourth-order valence-corrected chi connectivity index (χ4v) is 1.11. The molecule has 0 bridgehead atoms. The summed E-state index contributed by atoms with van der Waals surface area (Å²) in [4.78, 5) is 0. The second-order valence-corrected chi connectivity index (χ2v) is 2.47. The lowest BCUT2D eigenvalue weighted by Crippen LogP contribution is -1.94. The first-order chi connectivity index (χ1) is 4.85. The number of hydrogen-bond acceptors (Lipinski definition) is 1. The average Bonchev–Trinajstić information content (AvgIpc) is 2.04. The van der Waals surface area contributed by atoms with Gasteiger partial charge in [-0.15, -0.1) is 0 Å². The molecule has 0 fully saturated rings. The van der Waals surface area contributed by atoms with Crippen LogP contribution in [0.3, 0.4) is 0 Å². The van der Waals surface area contributed by atoms with Crippen molar-refractivity contribution in [3.05, 3.63) is 0 Å². The molecule has 0 radical (unpaired) electrons. The van der Waals surface area contributed by atoms with Crippen molar-refractivity contribution in [2.45, 2.75) is 46.5 Å². The van der Waals surface area contributed by atoms with Gasteiger partial charge < -0.3 is 0 Å². The molecule has 0 spiro atoms. The molecule has 0 heterocycles. The Hall–Kier alpha value is 0.250. The van der Waals surface area contributed by atoms with Crippen LogP contribution in [0, 0.1) is 5.92 Å². The summed E-state index contributed by atoms with van der Waals surface area (Å²) in [5, 5.41) is 0. The van der Waals surface area contributed by atoms with E-state index >= 15 is 0 Å². The zero-order valence-electron chi connectivity index (χ0n) is 7.23. The van der Waals surface area contributed by atoms with Gasteiger partial charge in [0.25, 0.3) is 0 Å². The van der Waals surface area contributed by atoms with Crippen molar-refractivity contribution in [1.82, 2.24) is 0 Å². The van der Waals surface area contributed by atoms with Gasteiger partial charge in [-0.1, -0.05) is 46.5 Å². The summed E-state index contributed by atoms with van der Waals surface area (Å²) in [7, 11) is 0. The van der Waals surface area contributed by atoms with Crippen LogP contribution in [0.5, 0.6) is 0 Å². The number of hydrogen-bond donors (Lipinski definition) is 1. The third-order valence-corrected chi connectivity index (χ3v) is 1.85. The lowest BCUT2D eigenvalue weighted by Gasteiger charge is -2.08. The van der Waals surface area contributed by atoms with Gasteiger partial charge in [0.2, 0.25) is 0 Å². The fourth-order valence-electron chi connectivity index (χ4n) is 1.11. The maximum absolute atomic E-state index is 6.47. The maximum Gasteiger partial charge on any atom is 0.0579 e. The third kappa shape index (κ3) is 8.25. The lowest BCUT2D eigenvalue weighted by atomic mass is 9.98. The van der Waals surface area contributed by atoms with Crippen molar-refractivity contribution in [1.29, 1.82) is 0 Å². The molecule has 1 N–H and O–H groups in total. The Morgan fingerprint density at radius 2 is 1.50 bits per heavy atom. The first-order valence-electron chi connectivity index (χ1n) is 4.02. The summed E-state index contributed by atoms with van der Waals surface area (Å²) in [6, 6.07) is 0. The van der Waals surface area contributed by atoms with E-state index in [-0.39, 0.29) is 0 Å². The van der Waals surface area contributed by atoms with Crippen LogP contribution in [0.25, 0.3) is 0 Å². The van der Waals surface area contributed by atoms with Gasteiger partial charge in [0.05, 0.1) is 11.9 Å². The van der Waals surface area contributed by atoms with Crippen molar-refractivity contribution < 1.29 is 4.66 Å². The molecule has 0 atom stereocenters. The van der Waals surface area contributed by atoms with Crippen LogP contribution in [0.1, 0.15) is 46.5 Å². The highest BCUT2D eigenvalue weighted by Gasteiger charge is 1.98. The van der Waals surface area contributed by atoms with E-state index in [1.807, 2.05) is 0 Å². The molecule has 0 amide bonds. The molecule has 0 saturated heterocycles. The van der Waals surface area contributed by atoms with Crippen LogP contribution < -0.4 is 0 Å². The van der Waals surface area contributed by atoms with E-state index in [0.717, 1.165) is 5.92 Å². The van der Waals surface area contributed by atoms with E-state index in [1.165, 1.54) is 25.7 Å². The average molecular weight is 167 g/mol. The molecule has 1 nitrogen and oxygen atoms in total. The number of rotatable bonds is 4. The molecule has 0 unspecified atom stereocenters. The molecule has 0 aromatic carbocycles. The van der Waals surface area contributed by atoms with Gasteiger partial charge in [0.1, 0.15) is 0 Å². The van der Waals surface area contributed by atoms with Crippen LogP contribution in [-0.2, 0) is 0 Å². The Morgan fingerprint density at radius 1 is 1.10 bits per heavy atom. The molecule has 0 aromatic rings. The summed E-state index contributed by atoms with van der Waals surface area (Å²) < 4.78 is 6.47. The van der Waals surface area contributed by atoms with E-state index in [2.05, 4.69) is 32.6 Å². The highest BCUT2D eigenvalue weighted by molar-refractivity contribution is 6.04. The summed E-state index contributed by atoms with van der Waals surface area (Å²) in [5.41, 5.74) is 0. The predicted molar refractivity (Wildman–Crippen MR) is 47.1 cm³/mol. The number of halogens is 1. The molecule has 2 heteroatoms. The smallest absolute Gasteiger partial charge is 0.0579 e. The Labute approximate surface area is 69.6 Å². The SMILES string of the molecule is CCCC(CC)CC.OCl. The second-order valence-electron chi connectivity index (χ2n) is 2.47. The van der Waals surface area contributed by atoms with E-state index in [9.17, 15) is 0 Å². The quantitative estimate of drug-likeness (QED) is 0.679. The summed E-state index contributed by atoms with van der Waals surface area (Å²) >= 11 is 3.64. The minimum Gasteiger partial charge on any atom is -0.295 e. The van der Waals surface area contributed by atoms with Gasteiger partial charge in [0, 0.05) is 0 Å². The topological polar surface area (TPSA) is 20.2 Å². The third-order valence-electron chi connectivity index (χ3n) is 1.85. The monoisotopic (exact) mass is 166 g/mol. The Morgan fingerprint density at radius 3 is 1.60 bits per heavy atom. The van der Waals surface area contributed by atoms with Crippen molar-refractivity contribution in [3.8, 4) is 0 Å². The van der Waals surface area contributed by atoms with Crippen LogP contribution >= 0.6 is 11.9 Å². The second kappa shape index (κ2) is 12.0. The van der Waals surface area contributed by atoms with Gasteiger partial charge >= 0.3 is 0 Å². The first kappa shape index (κ1) is 12.9. The Bertz CT molecular complexity index is 44.5. The molecule has 0 aliphatic rings. The molecule has 10 heavy (non-hydrogen) atoms. The molecule has 0 aromatic heterocycles. The van der Waals surface area contributed by atoms with Crippen LogP contribution in [0.15, 0.2) is 0 Å². The highest BCUT2D eigenvalue weighted by atomic mass is 35.5. The summed E-state index contributed by atoms with van der Waals surface area (Å²) in [5.74, 6) is 1.000.